The van der Waals surface area contributed by atoms with Gasteiger partial charge in [-0.15, -0.1) is 16.9 Å². The maximum Gasteiger partial charge on any atom is 0.307 e. The monoisotopic (exact) mass is 690 g/mol. The molecule has 1 fully saturated rings. The molecule has 1 saturated heterocycles. The normalized spacial score (nSPS) is 16.0. The molecule has 47 heavy (non-hydrogen) atoms. The van der Waals surface area contributed by atoms with Gasteiger partial charge in [-0.3, -0.25) is 19.3 Å². The molecule has 2 rings (SSSR count). The van der Waals surface area contributed by atoms with Gasteiger partial charge in [-0.2, -0.15) is 0 Å². The summed E-state index contributed by atoms with van der Waals surface area (Å²) in [6.07, 6.45) is 2.76. The molecule has 2 amide bonds. The molecule has 2 unspecified atom stereocenters. The summed E-state index contributed by atoms with van der Waals surface area (Å²) < 4.78 is 40.1. The number of imide groups is 1. The number of aliphatic carboxylic acids is 1. The number of ether oxygens (including phenoxy) is 7. The van der Waals surface area contributed by atoms with Crippen LogP contribution in [0, 0.1) is 11.3 Å². The van der Waals surface area contributed by atoms with Crippen molar-refractivity contribution in [1.82, 2.24) is 19.9 Å². The Morgan fingerprint density at radius 1 is 0.851 bits per heavy atom. The van der Waals surface area contributed by atoms with Gasteiger partial charge in [0.25, 0.3) is 0 Å². The molecule has 0 aliphatic carbocycles. The second-order valence-electron chi connectivity index (χ2n) is 12.2. The Hall–Kier alpha value is -2.18. The van der Waals surface area contributed by atoms with Crippen LogP contribution in [0.2, 0.25) is 0 Å². The minimum atomic E-state index is -0.928. The molecule has 2 heterocycles. The molecular weight excluding hydrogens is 636 g/mol. The lowest BCUT2D eigenvalue weighted by atomic mass is 9.93. The first kappa shape index (κ1) is 41.0. The van der Waals surface area contributed by atoms with E-state index in [1.807, 2.05) is 0 Å². The molecule has 0 saturated carbocycles. The Kier molecular flexibility index (Phi) is 21.0. The first-order valence-electron chi connectivity index (χ1n) is 16.2. The smallest absolute Gasteiger partial charge is 0.307 e. The third-order valence-corrected chi connectivity index (χ3v) is 8.23. The molecule has 1 aromatic rings. The maximum atomic E-state index is 12.6. The number of hydrogen-bond acceptors (Lipinski definition) is 13. The number of carbonyl (C=O) groups excluding carboxylic acids is 2. The molecule has 16 heteroatoms. The van der Waals surface area contributed by atoms with Crippen molar-refractivity contribution in [3.8, 4) is 0 Å². The number of carboxylic acid groups (broad SMARTS) is 1. The molecule has 1 aliphatic heterocycles. The minimum Gasteiger partial charge on any atom is -0.481 e. The summed E-state index contributed by atoms with van der Waals surface area (Å²) in [5, 5.41) is 16.5. The van der Waals surface area contributed by atoms with Crippen molar-refractivity contribution in [3.05, 3.63) is 11.9 Å². The number of thioether (sulfide) groups is 1. The Bertz CT molecular complexity index is 1020. The van der Waals surface area contributed by atoms with Gasteiger partial charge in [0.05, 0.1) is 116 Å². The molecule has 1 aliphatic rings. The first-order valence-corrected chi connectivity index (χ1v) is 17.2. The Balaban J connectivity index is 1.34. The van der Waals surface area contributed by atoms with Crippen molar-refractivity contribution in [3.63, 3.8) is 0 Å². The van der Waals surface area contributed by atoms with Gasteiger partial charge in [-0.25, -0.2) is 4.68 Å². The predicted octanol–water partition coefficient (Wildman–Crippen LogP) is 1.91. The third kappa shape index (κ3) is 19.4. The van der Waals surface area contributed by atoms with Crippen LogP contribution in [0.1, 0.15) is 46.2 Å². The Morgan fingerprint density at radius 3 is 1.79 bits per heavy atom. The van der Waals surface area contributed by atoms with Crippen LogP contribution < -0.4 is 0 Å². The van der Waals surface area contributed by atoms with E-state index in [1.54, 1.807) is 17.8 Å². The highest BCUT2D eigenvalue weighted by atomic mass is 32.2. The van der Waals surface area contributed by atoms with Gasteiger partial charge in [0.1, 0.15) is 5.69 Å². The molecule has 1 aromatic heterocycles. The highest BCUT2D eigenvalue weighted by Gasteiger charge is 2.39. The summed E-state index contributed by atoms with van der Waals surface area (Å²) in [4.78, 5) is 37.1. The second-order valence-corrected chi connectivity index (χ2v) is 13.4. The number of hydrogen-bond donors (Lipinski definition) is 1. The summed E-state index contributed by atoms with van der Waals surface area (Å²) in [6, 6.07) is 0. The number of rotatable bonds is 29. The standard InChI is InChI=1S/C31H54N4O11S/c1-25(30(38)39)24-47-27-21-28(36)35(29(27)37)23-26-22-34(33-32-26)6-8-41-10-12-43-14-16-45-18-20-46-19-17-44-15-13-42-11-9-40-7-5-31(2,3)4/h22,25,27H,5-21,23-24H2,1-4H3,(H,38,39). The lowest BCUT2D eigenvalue weighted by molar-refractivity contribution is -0.141. The van der Waals surface area contributed by atoms with Crippen LogP contribution in [-0.4, -0.2) is 146 Å². The van der Waals surface area contributed by atoms with E-state index in [0.29, 0.717) is 98.1 Å². The zero-order valence-electron chi connectivity index (χ0n) is 28.4. The highest BCUT2D eigenvalue weighted by Crippen LogP contribution is 2.27. The summed E-state index contributed by atoms with van der Waals surface area (Å²) >= 11 is 1.20. The van der Waals surface area contributed by atoms with E-state index in [2.05, 4.69) is 31.1 Å². The fourth-order valence-electron chi connectivity index (χ4n) is 3.92. The molecule has 0 aromatic carbocycles. The number of likely N-dealkylation sites (tertiary alicyclic amines) is 1. The van der Waals surface area contributed by atoms with E-state index in [-0.39, 0.29) is 35.9 Å². The van der Waals surface area contributed by atoms with E-state index in [9.17, 15) is 14.4 Å². The molecule has 0 radical (unpaired) electrons. The van der Waals surface area contributed by atoms with Crippen molar-refractivity contribution in [2.45, 2.75) is 58.9 Å². The van der Waals surface area contributed by atoms with Crippen LogP contribution >= 0.6 is 11.8 Å². The molecule has 270 valence electrons. The zero-order valence-corrected chi connectivity index (χ0v) is 29.2. The zero-order chi connectivity index (χ0) is 34.3. The molecule has 1 N–H and O–H groups in total. The fourth-order valence-corrected chi connectivity index (χ4v) is 5.11. The van der Waals surface area contributed by atoms with Crippen molar-refractivity contribution < 1.29 is 52.6 Å². The number of carboxylic acids is 1. The molecular formula is C31H54N4O11S. The second kappa shape index (κ2) is 24.0. The van der Waals surface area contributed by atoms with Crippen LogP contribution in [0.15, 0.2) is 6.20 Å². The lowest BCUT2D eigenvalue weighted by Gasteiger charge is -2.17. The summed E-state index contributed by atoms with van der Waals surface area (Å²) in [6.45, 7) is 15.7. The quantitative estimate of drug-likeness (QED) is 0.0955. The largest absolute Gasteiger partial charge is 0.481 e. The van der Waals surface area contributed by atoms with Gasteiger partial charge in [0.2, 0.25) is 11.8 Å². The molecule has 0 spiro atoms. The third-order valence-electron chi connectivity index (χ3n) is 6.77. The van der Waals surface area contributed by atoms with Gasteiger partial charge in [0, 0.05) is 18.8 Å². The van der Waals surface area contributed by atoms with Crippen molar-refractivity contribution >= 4 is 29.5 Å². The lowest BCUT2D eigenvalue weighted by Crippen LogP contribution is -2.31. The molecule has 15 nitrogen and oxygen atoms in total. The van der Waals surface area contributed by atoms with Crippen molar-refractivity contribution in [2.75, 3.05) is 98.2 Å². The van der Waals surface area contributed by atoms with Gasteiger partial charge >= 0.3 is 5.97 Å². The van der Waals surface area contributed by atoms with E-state index in [4.69, 9.17) is 38.3 Å². The van der Waals surface area contributed by atoms with E-state index in [1.165, 1.54) is 11.8 Å². The van der Waals surface area contributed by atoms with Gasteiger partial charge in [-0.1, -0.05) is 32.9 Å². The Labute approximate surface area is 282 Å². The summed E-state index contributed by atoms with van der Waals surface area (Å²) in [5.41, 5.74) is 0.778. The van der Waals surface area contributed by atoms with Crippen LogP contribution in [0.5, 0.6) is 0 Å². The van der Waals surface area contributed by atoms with E-state index in [0.717, 1.165) is 17.9 Å². The van der Waals surface area contributed by atoms with E-state index >= 15 is 0 Å². The summed E-state index contributed by atoms with van der Waals surface area (Å²) in [5.74, 6) is -1.87. The van der Waals surface area contributed by atoms with Gasteiger partial charge in [0.15, 0.2) is 0 Å². The molecule has 0 bridgehead atoms. The van der Waals surface area contributed by atoms with Gasteiger partial charge in [-0.05, 0) is 11.8 Å². The van der Waals surface area contributed by atoms with Crippen LogP contribution in [0.4, 0.5) is 0 Å². The predicted molar refractivity (Wildman–Crippen MR) is 173 cm³/mol. The SMILES string of the molecule is CC(CSC1CC(=O)N(Cc2cn(CCOCCOCCOCCOCCOCCOCCOCCC(C)(C)C)nn2)C1=O)C(=O)O. The number of carbonyl (C=O) groups is 3. The van der Waals surface area contributed by atoms with E-state index < -0.39 is 17.1 Å². The minimum absolute atomic E-state index is 0.0334. The van der Waals surface area contributed by atoms with Gasteiger partial charge < -0.3 is 38.3 Å². The summed E-state index contributed by atoms with van der Waals surface area (Å²) in [7, 11) is 0. The van der Waals surface area contributed by atoms with Crippen LogP contribution in [0.3, 0.4) is 0 Å². The fraction of sp³-hybridized carbons (Fsp3) is 0.839. The van der Waals surface area contributed by atoms with Crippen molar-refractivity contribution in [2.24, 2.45) is 11.3 Å². The number of nitrogens with zero attached hydrogens (tertiary/aromatic N) is 4. The molecule has 2 atom stereocenters. The maximum absolute atomic E-state index is 12.6. The average molecular weight is 691 g/mol. The first-order chi connectivity index (χ1) is 22.6. The van der Waals surface area contributed by atoms with Crippen LogP contribution in [0.25, 0.3) is 0 Å². The van der Waals surface area contributed by atoms with Crippen molar-refractivity contribution in [1.29, 1.82) is 0 Å². The number of amides is 2. The Morgan fingerprint density at radius 2 is 1.32 bits per heavy atom. The topological polar surface area (TPSA) is 170 Å². The highest BCUT2D eigenvalue weighted by molar-refractivity contribution is 8.00. The average Bonchev–Trinajstić information content (AvgIpc) is 3.58. The van der Waals surface area contributed by atoms with Crippen LogP contribution in [-0.2, 0) is 60.6 Å². The number of aromatic nitrogens is 3.